The van der Waals surface area contributed by atoms with Crippen molar-refractivity contribution in [2.45, 2.75) is 13.3 Å². The minimum atomic E-state index is -0.325. The zero-order chi connectivity index (χ0) is 22.1. The Morgan fingerprint density at radius 1 is 1.03 bits per heavy atom. The predicted octanol–water partition coefficient (Wildman–Crippen LogP) is 4.56. The Bertz CT molecular complexity index is 1440. The van der Waals surface area contributed by atoms with Crippen LogP contribution in [0.4, 0.5) is 10.1 Å². The molecule has 158 valence electrons. The van der Waals surface area contributed by atoms with Crippen LogP contribution in [0.15, 0.2) is 61.3 Å². The summed E-state index contributed by atoms with van der Waals surface area (Å²) in [4.78, 5) is 28.3. The average Bonchev–Trinajstić information content (AvgIpc) is 3.46. The second-order valence-corrected chi connectivity index (χ2v) is 7.20. The Morgan fingerprint density at radius 2 is 1.91 bits per heavy atom. The van der Waals surface area contributed by atoms with E-state index in [1.165, 1.54) is 12.1 Å². The summed E-state index contributed by atoms with van der Waals surface area (Å²) in [5.74, 6) is 0.140. The molecule has 32 heavy (non-hydrogen) atoms. The van der Waals surface area contributed by atoms with Crippen LogP contribution in [0.5, 0.6) is 0 Å². The van der Waals surface area contributed by atoms with Gasteiger partial charge in [-0.1, -0.05) is 19.1 Å². The van der Waals surface area contributed by atoms with Crippen LogP contribution in [0.25, 0.3) is 44.8 Å². The third-order valence-electron chi connectivity index (χ3n) is 5.06. The number of nitrogens with zero attached hydrogens (tertiary/aromatic N) is 4. The highest BCUT2D eigenvalue weighted by molar-refractivity contribution is 5.94. The van der Waals surface area contributed by atoms with Gasteiger partial charge in [0.25, 0.3) is 0 Å². The van der Waals surface area contributed by atoms with E-state index in [9.17, 15) is 9.18 Å². The van der Waals surface area contributed by atoms with E-state index in [4.69, 9.17) is 4.98 Å². The first-order valence-corrected chi connectivity index (χ1v) is 10.0. The third-order valence-corrected chi connectivity index (χ3v) is 5.06. The molecule has 1 aromatic carbocycles. The van der Waals surface area contributed by atoms with E-state index in [0.717, 1.165) is 16.7 Å². The largest absolute Gasteiger partial charge is 0.335 e. The minimum Gasteiger partial charge on any atom is -0.335 e. The van der Waals surface area contributed by atoms with Crippen LogP contribution < -0.4 is 5.32 Å². The highest BCUT2D eigenvalue weighted by atomic mass is 19.1. The normalized spacial score (nSPS) is 11.1. The lowest BCUT2D eigenvalue weighted by molar-refractivity contribution is -0.115. The van der Waals surface area contributed by atoms with Crippen molar-refractivity contribution in [2.24, 2.45) is 0 Å². The predicted molar refractivity (Wildman–Crippen MR) is 119 cm³/mol. The Balaban J connectivity index is 1.57. The van der Waals surface area contributed by atoms with Gasteiger partial charge in [0.2, 0.25) is 5.91 Å². The number of carbonyl (C=O) groups is 1. The summed E-state index contributed by atoms with van der Waals surface area (Å²) in [5, 5.41) is 9.97. The van der Waals surface area contributed by atoms with Gasteiger partial charge in [-0.2, -0.15) is 5.10 Å². The SMILES string of the molecule is CCC(=O)Nc1cncc(-c2cn[nH]c2-c2nc3c(-c4cccc(F)c4)cncc3[nH]2)c1. The van der Waals surface area contributed by atoms with Crippen molar-refractivity contribution in [3.8, 4) is 33.8 Å². The zero-order valence-electron chi connectivity index (χ0n) is 17.1. The molecule has 0 radical (unpaired) electrons. The molecule has 5 aromatic rings. The summed E-state index contributed by atoms with van der Waals surface area (Å²) in [7, 11) is 0. The molecule has 0 aliphatic carbocycles. The van der Waals surface area contributed by atoms with Gasteiger partial charge in [-0.25, -0.2) is 9.37 Å². The van der Waals surface area contributed by atoms with Gasteiger partial charge >= 0.3 is 0 Å². The molecule has 5 rings (SSSR count). The van der Waals surface area contributed by atoms with E-state index in [1.807, 2.05) is 12.1 Å². The number of benzene rings is 1. The summed E-state index contributed by atoms with van der Waals surface area (Å²) >= 11 is 0. The molecule has 0 fully saturated rings. The van der Waals surface area contributed by atoms with E-state index >= 15 is 0 Å². The lowest BCUT2D eigenvalue weighted by atomic mass is 10.1. The average molecular weight is 427 g/mol. The smallest absolute Gasteiger partial charge is 0.224 e. The number of carbonyl (C=O) groups excluding carboxylic acids is 1. The minimum absolute atomic E-state index is 0.0916. The maximum absolute atomic E-state index is 13.8. The van der Waals surface area contributed by atoms with Crippen LogP contribution >= 0.6 is 0 Å². The van der Waals surface area contributed by atoms with Gasteiger partial charge in [0, 0.05) is 35.5 Å². The molecule has 0 saturated carbocycles. The highest BCUT2D eigenvalue weighted by Gasteiger charge is 2.17. The molecule has 0 atom stereocenters. The number of H-pyrrole nitrogens is 2. The Kier molecular flexibility index (Phi) is 4.91. The summed E-state index contributed by atoms with van der Waals surface area (Å²) in [6, 6.07) is 8.15. The first-order chi connectivity index (χ1) is 15.6. The molecule has 0 aliphatic rings. The van der Waals surface area contributed by atoms with Gasteiger partial charge in [-0.3, -0.25) is 19.9 Å². The number of pyridine rings is 2. The Labute approximate surface area is 182 Å². The fourth-order valence-corrected chi connectivity index (χ4v) is 3.51. The second-order valence-electron chi connectivity index (χ2n) is 7.20. The van der Waals surface area contributed by atoms with E-state index in [0.29, 0.717) is 40.2 Å². The number of nitrogens with one attached hydrogen (secondary N) is 3. The van der Waals surface area contributed by atoms with Gasteiger partial charge in [0.15, 0.2) is 5.82 Å². The molecule has 4 aromatic heterocycles. The van der Waals surface area contributed by atoms with Crippen molar-refractivity contribution < 1.29 is 9.18 Å². The van der Waals surface area contributed by atoms with Crippen molar-refractivity contribution in [1.29, 1.82) is 0 Å². The molecule has 0 bridgehead atoms. The highest BCUT2D eigenvalue weighted by Crippen LogP contribution is 2.33. The molecule has 4 heterocycles. The number of aromatic amines is 2. The van der Waals surface area contributed by atoms with Crippen LogP contribution in [-0.4, -0.2) is 36.0 Å². The van der Waals surface area contributed by atoms with E-state index < -0.39 is 0 Å². The lowest BCUT2D eigenvalue weighted by Gasteiger charge is -2.06. The van der Waals surface area contributed by atoms with Gasteiger partial charge in [-0.05, 0) is 23.8 Å². The number of aromatic nitrogens is 6. The number of imidazole rings is 1. The van der Waals surface area contributed by atoms with Crippen molar-refractivity contribution in [1.82, 2.24) is 30.1 Å². The fraction of sp³-hybridized carbons (Fsp3) is 0.0870. The third kappa shape index (κ3) is 3.60. The van der Waals surface area contributed by atoms with E-state index in [1.54, 1.807) is 44.0 Å². The zero-order valence-corrected chi connectivity index (χ0v) is 17.1. The quantitative estimate of drug-likeness (QED) is 0.380. The number of fused-ring (bicyclic) bond motifs is 1. The molecule has 0 saturated heterocycles. The molecule has 0 spiro atoms. The molecular weight excluding hydrogens is 409 g/mol. The van der Waals surface area contributed by atoms with Crippen LogP contribution in [0.2, 0.25) is 0 Å². The molecule has 8 nitrogen and oxygen atoms in total. The summed E-state index contributed by atoms with van der Waals surface area (Å²) in [6.07, 6.45) is 8.68. The van der Waals surface area contributed by atoms with Gasteiger partial charge in [-0.15, -0.1) is 0 Å². The maximum atomic E-state index is 13.8. The number of hydrogen-bond acceptors (Lipinski definition) is 5. The van der Waals surface area contributed by atoms with Crippen LogP contribution in [0, 0.1) is 5.82 Å². The van der Waals surface area contributed by atoms with Crippen LogP contribution in [-0.2, 0) is 4.79 Å². The molecule has 1 amide bonds. The van der Waals surface area contributed by atoms with Crippen LogP contribution in [0.1, 0.15) is 13.3 Å². The molecule has 0 unspecified atom stereocenters. The summed E-state index contributed by atoms with van der Waals surface area (Å²) < 4.78 is 13.8. The molecular formula is C23H18FN7O. The number of amides is 1. The summed E-state index contributed by atoms with van der Waals surface area (Å²) in [5.41, 5.74) is 5.59. The molecule has 9 heteroatoms. The fourth-order valence-electron chi connectivity index (χ4n) is 3.51. The first-order valence-electron chi connectivity index (χ1n) is 10.0. The topological polar surface area (TPSA) is 112 Å². The lowest BCUT2D eigenvalue weighted by Crippen LogP contribution is -2.09. The van der Waals surface area contributed by atoms with Crippen LogP contribution in [0.3, 0.4) is 0 Å². The van der Waals surface area contributed by atoms with E-state index in [-0.39, 0.29) is 11.7 Å². The number of hydrogen-bond donors (Lipinski definition) is 3. The standard InChI is InChI=1S/C23H18FN7O/c1-2-20(32)28-16-7-14(8-25-9-16)18-11-27-31-22(18)23-29-19-12-26-10-17(21(19)30-23)13-4-3-5-15(24)6-13/h3-12H,2H2,1H3,(H,27,31)(H,28,32)(H,29,30). The summed E-state index contributed by atoms with van der Waals surface area (Å²) in [6.45, 7) is 1.79. The van der Waals surface area contributed by atoms with Crippen molar-refractivity contribution in [3.63, 3.8) is 0 Å². The van der Waals surface area contributed by atoms with Crippen molar-refractivity contribution >= 4 is 22.6 Å². The maximum Gasteiger partial charge on any atom is 0.224 e. The number of rotatable bonds is 5. The Hall–Kier alpha value is -4.40. The molecule has 0 aliphatic heterocycles. The number of halogens is 1. The Morgan fingerprint density at radius 3 is 2.75 bits per heavy atom. The van der Waals surface area contributed by atoms with Crippen molar-refractivity contribution in [2.75, 3.05) is 5.32 Å². The van der Waals surface area contributed by atoms with E-state index in [2.05, 4.69) is 30.5 Å². The van der Waals surface area contributed by atoms with Gasteiger partial charge in [0.1, 0.15) is 11.5 Å². The second kappa shape index (κ2) is 8.03. The first kappa shape index (κ1) is 19.6. The van der Waals surface area contributed by atoms with Gasteiger partial charge < -0.3 is 10.3 Å². The number of anilines is 1. The van der Waals surface area contributed by atoms with Crippen molar-refractivity contribution in [3.05, 3.63) is 67.1 Å². The van der Waals surface area contributed by atoms with Gasteiger partial charge in [0.05, 0.1) is 35.3 Å². The monoisotopic (exact) mass is 427 g/mol. The molecule has 3 N–H and O–H groups in total.